The van der Waals surface area contributed by atoms with E-state index in [0.29, 0.717) is 12.1 Å². The van der Waals surface area contributed by atoms with Crippen LogP contribution in [0, 0.1) is 15.5 Å². The number of rotatable bonds is 8. The molecule has 0 bridgehead atoms. The van der Waals surface area contributed by atoms with Crippen molar-refractivity contribution in [2.45, 2.75) is 68.5 Å². The highest BCUT2D eigenvalue weighted by atomic mass is 32.2. The van der Waals surface area contributed by atoms with Crippen molar-refractivity contribution in [3.63, 3.8) is 0 Å². The lowest BCUT2D eigenvalue weighted by molar-refractivity contribution is -0.387. The number of carbonyl (C=O) groups excluding carboxylic acids is 1. The molecule has 0 unspecified atom stereocenters. The van der Waals surface area contributed by atoms with Gasteiger partial charge >= 0.3 is 12.4 Å². The first-order valence-corrected chi connectivity index (χ1v) is 13.2. The van der Waals surface area contributed by atoms with Crippen LogP contribution in [0.15, 0.2) is 47.4 Å². The molecule has 0 saturated heterocycles. The maximum absolute atomic E-state index is 13.3. The molecule has 3 rings (SSSR count). The van der Waals surface area contributed by atoms with Gasteiger partial charge in [0.25, 0.3) is 5.69 Å². The van der Waals surface area contributed by atoms with Crippen LogP contribution in [0.4, 0.5) is 32.0 Å². The summed E-state index contributed by atoms with van der Waals surface area (Å²) in [6, 6.07) is 4.48. The molecular formula is C24H25F6N3O6S. The van der Waals surface area contributed by atoms with Crippen LogP contribution in [-0.4, -0.2) is 36.0 Å². The Bertz CT molecular complexity index is 1370. The molecule has 2 aromatic rings. The van der Waals surface area contributed by atoms with Crippen molar-refractivity contribution in [2.75, 3.05) is 0 Å². The number of benzene rings is 2. The lowest BCUT2D eigenvalue weighted by Crippen LogP contribution is -2.53. The zero-order valence-corrected chi connectivity index (χ0v) is 21.9. The summed E-state index contributed by atoms with van der Waals surface area (Å²) in [6.45, 7) is 1.78. The van der Waals surface area contributed by atoms with Crippen LogP contribution in [0.5, 0.6) is 0 Å². The predicted molar refractivity (Wildman–Crippen MR) is 128 cm³/mol. The van der Waals surface area contributed by atoms with Crippen LogP contribution in [0.25, 0.3) is 0 Å². The van der Waals surface area contributed by atoms with Gasteiger partial charge in [-0.25, -0.2) is 13.1 Å². The van der Waals surface area contributed by atoms with Crippen LogP contribution in [0.1, 0.15) is 49.8 Å². The number of sulfonamides is 1. The summed E-state index contributed by atoms with van der Waals surface area (Å²) in [6.07, 6.45) is -10.6. The number of hydrogen-bond donors (Lipinski definition) is 3. The molecule has 0 spiro atoms. The summed E-state index contributed by atoms with van der Waals surface area (Å²) in [7, 11) is -4.45. The number of nitro benzene ring substituents is 1. The lowest BCUT2D eigenvalue weighted by atomic mass is 9.71. The van der Waals surface area contributed by atoms with Crippen molar-refractivity contribution in [3.05, 3.63) is 69.3 Å². The Labute approximate surface area is 224 Å². The molecule has 0 radical (unpaired) electrons. The van der Waals surface area contributed by atoms with Gasteiger partial charge in [-0.15, -0.1) is 0 Å². The Morgan fingerprint density at radius 2 is 1.62 bits per heavy atom. The van der Waals surface area contributed by atoms with E-state index in [4.69, 9.17) is 0 Å². The molecule has 40 heavy (non-hydrogen) atoms. The summed E-state index contributed by atoms with van der Waals surface area (Å²) in [5.74, 6) is -0.918. The third-order valence-corrected chi connectivity index (χ3v) is 8.46. The van der Waals surface area contributed by atoms with E-state index in [1.54, 1.807) is 0 Å². The van der Waals surface area contributed by atoms with E-state index in [2.05, 4.69) is 10.0 Å². The first-order valence-electron chi connectivity index (χ1n) is 11.7. The van der Waals surface area contributed by atoms with Crippen LogP contribution in [-0.2, 0) is 33.7 Å². The topological polar surface area (TPSA) is 139 Å². The van der Waals surface area contributed by atoms with Gasteiger partial charge < -0.3 is 10.4 Å². The molecule has 1 fully saturated rings. The SMILES string of the molecule is CC(C)(O)[C@]1(C(=O)NCc2cc(C(F)(F)F)cc(C(F)(F)F)c2)CC[C@@H](NS(=O)(=O)c2ccccc2[N+](=O)[O-])C1. The van der Waals surface area contributed by atoms with Gasteiger partial charge in [0, 0.05) is 18.7 Å². The van der Waals surface area contributed by atoms with E-state index < -0.39 is 84.1 Å². The summed E-state index contributed by atoms with van der Waals surface area (Å²) >= 11 is 0. The molecule has 1 saturated carbocycles. The van der Waals surface area contributed by atoms with Crippen molar-refractivity contribution >= 4 is 21.6 Å². The van der Waals surface area contributed by atoms with Gasteiger partial charge in [-0.2, -0.15) is 26.3 Å². The molecule has 2 aromatic carbocycles. The zero-order chi connectivity index (χ0) is 30.3. The van der Waals surface area contributed by atoms with Crippen molar-refractivity contribution < 1.29 is 49.6 Å². The summed E-state index contributed by atoms with van der Waals surface area (Å²) in [5.41, 5.74) is -7.80. The zero-order valence-electron chi connectivity index (χ0n) is 21.1. The number of aliphatic hydroxyl groups is 1. The van der Waals surface area contributed by atoms with Crippen LogP contribution < -0.4 is 10.0 Å². The number of carbonyl (C=O) groups is 1. The Hall–Kier alpha value is -3.24. The van der Waals surface area contributed by atoms with E-state index in [0.717, 1.165) is 12.1 Å². The minimum Gasteiger partial charge on any atom is -0.389 e. The largest absolute Gasteiger partial charge is 0.416 e. The molecule has 1 amide bonds. The Morgan fingerprint density at radius 3 is 2.12 bits per heavy atom. The molecule has 0 aromatic heterocycles. The Kier molecular flexibility index (Phi) is 8.31. The van der Waals surface area contributed by atoms with Crippen molar-refractivity contribution in [3.8, 4) is 0 Å². The molecule has 0 aliphatic heterocycles. The molecule has 0 heterocycles. The van der Waals surface area contributed by atoms with Gasteiger partial charge in [0.1, 0.15) is 0 Å². The maximum Gasteiger partial charge on any atom is 0.416 e. The van der Waals surface area contributed by atoms with Crippen molar-refractivity contribution in [1.82, 2.24) is 10.0 Å². The van der Waals surface area contributed by atoms with Crippen LogP contribution in [0.3, 0.4) is 0 Å². The van der Waals surface area contributed by atoms with Crippen LogP contribution in [0.2, 0.25) is 0 Å². The van der Waals surface area contributed by atoms with Gasteiger partial charge in [-0.1, -0.05) is 12.1 Å². The van der Waals surface area contributed by atoms with Crippen molar-refractivity contribution in [1.29, 1.82) is 0 Å². The summed E-state index contributed by atoms with van der Waals surface area (Å²) < 4.78 is 107. The van der Waals surface area contributed by atoms with E-state index in [9.17, 15) is 54.8 Å². The number of para-hydroxylation sites is 1. The number of alkyl halides is 6. The van der Waals surface area contributed by atoms with Crippen LogP contribution >= 0.6 is 0 Å². The van der Waals surface area contributed by atoms with Gasteiger partial charge in [-0.05, 0) is 62.9 Å². The van der Waals surface area contributed by atoms with E-state index >= 15 is 0 Å². The lowest BCUT2D eigenvalue weighted by Gasteiger charge is -2.39. The first-order chi connectivity index (χ1) is 18.2. The van der Waals surface area contributed by atoms with Gasteiger partial charge in [0.15, 0.2) is 4.90 Å². The minimum atomic E-state index is -5.09. The number of nitro groups is 1. The van der Waals surface area contributed by atoms with Crippen molar-refractivity contribution in [2.24, 2.45) is 5.41 Å². The molecule has 16 heteroatoms. The fraction of sp³-hybridized carbons (Fsp3) is 0.458. The molecule has 9 nitrogen and oxygen atoms in total. The molecule has 3 N–H and O–H groups in total. The predicted octanol–water partition coefficient (Wildman–Crippen LogP) is 4.54. The third-order valence-electron chi connectivity index (χ3n) is 6.89. The Morgan fingerprint density at radius 1 is 1.07 bits per heavy atom. The highest BCUT2D eigenvalue weighted by Crippen LogP contribution is 2.47. The molecular weight excluding hydrogens is 572 g/mol. The quantitative estimate of drug-likeness (QED) is 0.232. The summed E-state index contributed by atoms with van der Waals surface area (Å²) in [4.78, 5) is 23.1. The Balaban J connectivity index is 1.85. The van der Waals surface area contributed by atoms with E-state index in [1.165, 1.54) is 26.0 Å². The van der Waals surface area contributed by atoms with Gasteiger partial charge in [-0.3, -0.25) is 14.9 Å². The normalized spacial score (nSPS) is 20.4. The van der Waals surface area contributed by atoms with E-state index in [-0.39, 0.29) is 25.3 Å². The highest BCUT2D eigenvalue weighted by molar-refractivity contribution is 7.89. The monoisotopic (exact) mass is 597 g/mol. The third kappa shape index (κ3) is 6.55. The molecule has 1 aliphatic rings. The number of halogens is 6. The average molecular weight is 598 g/mol. The van der Waals surface area contributed by atoms with Gasteiger partial charge in [0.2, 0.25) is 15.9 Å². The smallest absolute Gasteiger partial charge is 0.389 e. The first kappa shape index (κ1) is 31.3. The average Bonchev–Trinajstić information content (AvgIpc) is 3.26. The second-order valence-corrected chi connectivity index (χ2v) is 11.7. The molecule has 1 aliphatic carbocycles. The fourth-order valence-electron chi connectivity index (χ4n) is 4.78. The number of hydrogen-bond acceptors (Lipinski definition) is 6. The number of amides is 1. The number of nitrogens with zero attached hydrogens (tertiary/aromatic N) is 1. The molecule has 220 valence electrons. The van der Waals surface area contributed by atoms with Gasteiger partial charge in [0.05, 0.1) is 27.1 Å². The second kappa shape index (κ2) is 10.6. The second-order valence-electron chi connectivity index (χ2n) is 10.0. The minimum absolute atomic E-state index is 0.000941. The highest BCUT2D eigenvalue weighted by Gasteiger charge is 2.55. The van der Waals surface area contributed by atoms with E-state index in [1.807, 2.05) is 0 Å². The maximum atomic E-state index is 13.3. The summed E-state index contributed by atoms with van der Waals surface area (Å²) in [5, 5.41) is 24.4. The standard InChI is InChI=1S/C24H25F6N3O6S/c1-21(2,35)22(8-7-17(12-22)32-40(38,39)19-6-4-3-5-18(19)33(36)37)20(34)31-13-14-9-15(23(25,26)27)11-16(10-14)24(28,29)30/h3-6,9-11,17,32,35H,7-8,12-13H2,1-2H3,(H,31,34)/t17-,22-/m1/s1. The molecule has 2 atom stereocenters. The fourth-order valence-corrected chi connectivity index (χ4v) is 6.22. The number of nitrogens with one attached hydrogen (secondary N) is 2.